The van der Waals surface area contributed by atoms with E-state index in [0.717, 1.165) is 0 Å². The van der Waals surface area contributed by atoms with Gasteiger partial charge in [0.25, 0.3) is 5.91 Å². The molecule has 0 aromatic carbocycles. The van der Waals surface area contributed by atoms with E-state index in [2.05, 4.69) is 4.98 Å². The fraction of sp³-hybridized carbons (Fsp3) is 0.500. The summed E-state index contributed by atoms with van der Waals surface area (Å²) < 4.78 is 4.92. The number of rotatable bonds is 4. The van der Waals surface area contributed by atoms with Crippen LogP contribution in [0.25, 0.3) is 0 Å². The normalized spacial score (nSPS) is 15.9. The fourth-order valence-corrected chi connectivity index (χ4v) is 2.15. The van der Waals surface area contributed by atoms with Crippen molar-refractivity contribution < 1.29 is 14.3 Å². The number of carbonyl (C=O) groups excluding carboxylic acids is 2. The molecule has 0 atom stereocenters. The van der Waals surface area contributed by atoms with Crippen molar-refractivity contribution in [1.29, 1.82) is 0 Å². The first-order chi connectivity index (χ1) is 9.70. The molecule has 1 aliphatic heterocycles. The second-order valence-corrected chi connectivity index (χ2v) is 4.59. The number of pyridine rings is 1. The molecule has 2 rings (SSSR count). The van der Waals surface area contributed by atoms with Gasteiger partial charge in [-0.3, -0.25) is 19.5 Å². The molecule has 1 aromatic rings. The first-order valence-corrected chi connectivity index (χ1v) is 6.79. The zero-order valence-corrected chi connectivity index (χ0v) is 11.6. The third-order valence-electron chi connectivity index (χ3n) is 3.20. The summed E-state index contributed by atoms with van der Waals surface area (Å²) in [6.07, 6.45) is 1.62. The molecule has 1 saturated heterocycles. The van der Waals surface area contributed by atoms with Crippen LogP contribution in [-0.2, 0) is 9.53 Å². The highest BCUT2D eigenvalue weighted by Crippen LogP contribution is 2.06. The Balaban J connectivity index is 1.82. The minimum absolute atomic E-state index is 0.0543. The minimum atomic E-state index is -0.211. The predicted molar refractivity (Wildman–Crippen MR) is 73.2 cm³/mol. The zero-order chi connectivity index (χ0) is 14.4. The predicted octanol–water partition coefficient (Wildman–Crippen LogP) is 0.402. The highest BCUT2D eigenvalue weighted by molar-refractivity contribution is 5.92. The van der Waals surface area contributed by atoms with Crippen LogP contribution in [0.5, 0.6) is 0 Å². The van der Waals surface area contributed by atoms with Gasteiger partial charge in [-0.1, -0.05) is 6.07 Å². The van der Waals surface area contributed by atoms with E-state index in [9.17, 15) is 9.59 Å². The molecular formula is C14H19N3O3. The maximum atomic E-state index is 12.2. The number of piperazine rings is 1. The number of ether oxygens (including phenoxy) is 1. The van der Waals surface area contributed by atoms with Gasteiger partial charge in [0.15, 0.2) is 0 Å². The molecule has 0 radical (unpaired) electrons. The van der Waals surface area contributed by atoms with E-state index in [1.165, 1.54) is 0 Å². The number of aromatic nitrogens is 1. The second kappa shape index (κ2) is 7.00. The summed E-state index contributed by atoms with van der Waals surface area (Å²) in [7, 11) is 0. The average molecular weight is 277 g/mol. The van der Waals surface area contributed by atoms with Gasteiger partial charge in [-0.15, -0.1) is 0 Å². The Morgan fingerprint density at radius 1 is 1.25 bits per heavy atom. The SMILES string of the molecule is CCOC(=O)CN1CCN(C(=O)c2ccccn2)CC1. The molecule has 6 nitrogen and oxygen atoms in total. The molecule has 1 aromatic heterocycles. The number of hydrogen-bond acceptors (Lipinski definition) is 5. The van der Waals surface area contributed by atoms with Crippen molar-refractivity contribution in [3.8, 4) is 0 Å². The van der Waals surface area contributed by atoms with Crippen LogP contribution in [0.3, 0.4) is 0 Å². The molecule has 2 heterocycles. The van der Waals surface area contributed by atoms with Crippen molar-refractivity contribution in [3.05, 3.63) is 30.1 Å². The molecule has 0 saturated carbocycles. The smallest absolute Gasteiger partial charge is 0.320 e. The summed E-state index contributed by atoms with van der Waals surface area (Å²) in [6.45, 7) is 5.05. The monoisotopic (exact) mass is 277 g/mol. The van der Waals surface area contributed by atoms with E-state index < -0.39 is 0 Å². The van der Waals surface area contributed by atoms with Gasteiger partial charge in [0.05, 0.1) is 13.2 Å². The summed E-state index contributed by atoms with van der Waals surface area (Å²) in [5, 5.41) is 0. The van der Waals surface area contributed by atoms with Gasteiger partial charge >= 0.3 is 5.97 Å². The lowest BCUT2D eigenvalue weighted by molar-refractivity contribution is -0.144. The summed E-state index contributed by atoms with van der Waals surface area (Å²) >= 11 is 0. The van der Waals surface area contributed by atoms with E-state index in [-0.39, 0.29) is 11.9 Å². The Hall–Kier alpha value is -1.95. The highest BCUT2D eigenvalue weighted by Gasteiger charge is 2.23. The van der Waals surface area contributed by atoms with Crippen LogP contribution in [0.15, 0.2) is 24.4 Å². The lowest BCUT2D eigenvalue weighted by Crippen LogP contribution is -2.50. The first-order valence-electron chi connectivity index (χ1n) is 6.79. The summed E-state index contributed by atoms with van der Waals surface area (Å²) in [5.74, 6) is -0.265. The van der Waals surface area contributed by atoms with Crippen LogP contribution in [0.1, 0.15) is 17.4 Å². The quantitative estimate of drug-likeness (QED) is 0.746. The Morgan fingerprint density at radius 3 is 2.60 bits per heavy atom. The van der Waals surface area contributed by atoms with Crippen molar-refractivity contribution in [2.75, 3.05) is 39.3 Å². The maximum Gasteiger partial charge on any atom is 0.320 e. The van der Waals surface area contributed by atoms with Gasteiger partial charge in [-0.05, 0) is 19.1 Å². The molecule has 6 heteroatoms. The molecule has 0 bridgehead atoms. The molecular weight excluding hydrogens is 258 g/mol. The number of esters is 1. The maximum absolute atomic E-state index is 12.2. The van der Waals surface area contributed by atoms with Crippen molar-refractivity contribution in [3.63, 3.8) is 0 Å². The van der Waals surface area contributed by atoms with Gasteiger partial charge in [-0.2, -0.15) is 0 Å². The lowest BCUT2D eigenvalue weighted by atomic mass is 10.2. The Morgan fingerprint density at radius 2 is 2.00 bits per heavy atom. The van der Waals surface area contributed by atoms with Crippen molar-refractivity contribution in [1.82, 2.24) is 14.8 Å². The Bertz CT molecular complexity index is 456. The van der Waals surface area contributed by atoms with Crippen molar-refractivity contribution >= 4 is 11.9 Å². The minimum Gasteiger partial charge on any atom is -0.465 e. The van der Waals surface area contributed by atoms with E-state index in [1.807, 2.05) is 4.90 Å². The van der Waals surface area contributed by atoms with E-state index in [0.29, 0.717) is 45.0 Å². The molecule has 0 spiro atoms. The fourth-order valence-electron chi connectivity index (χ4n) is 2.15. The lowest BCUT2D eigenvalue weighted by Gasteiger charge is -2.33. The standard InChI is InChI=1S/C14H19N3O3/c1-2-20-13(18)11-16-7-9-17(10-8-16)14(19)12-5-3-4-6-15-12/h3-6H,2,7-11H2,1H3. The largest absolute Gasteiger partial charge is 0.465 e. The summed E-state index contributed by atoms with van der Waals surface area (Å²) in [6, 6.07) is 5.30. The highest BCUT2D eigenvalue weighted by atomic mass is 16.5. The first kappa shape index (κ1) is 14.5. The van der Waals surface area contributed by atoms with Crippen LogP contribution in [0.2, 0.25) is 0 Å². The van der Waals surface area contributed by atoms with E-state index in [4.69, 9.17) is 4.74 Å². The van der Waals surface area contributed by atoms with Gasteiger partial charge in [0.1, 0.15) is 5.69 Å². The van der Waals surface area contributed by atoms with Crippen LogP contribution >= 0.6 is 0 Å². The molecule has 20 heavy (non-hydrogen) atoms. The zero-order valence-electron chi connectivity index (χ0n) is 11.6. The van der Waals surface area contributed by atoms with Crippen molar-refractivity contribution in [2.45, 2.75) is 6.92 Å². The van der Waals surface area contributed by atoms with Crippen LogP contribution in [0.4, 0.5) is 0 Å². The summed E-state index contributed by atoms with van der Waals surface area (Å²) in [4.78, 5) is 31.4. The van der Waals surface area contributed by atoms with Gasteiger partial charge in [0.2, 0.25) is 0 Å². The van der Waals surface area contributed by atoms with Crippen LogP contribution in [0, 0.1) is 0 Å². The molecule has 1 fully saturated rings. The Labute approximate surface area is 118 Å². The number of amides is 1. The van der Waals surface area contributed by atoms with Crippen molar-refractivity contribution in [2.24, 2.45) is 0 Å². The third kappa shape index (κ3) is 3.77. The molecule has 1 amide bonds. The second-order valence-electron chi connectivity index (χ2n) is 4.59. The number of hydrogen-bond donors (Lipinski definition) is 0. The van der Waals surface area contributed by atoms with Crippen LogP contribution in [-0.4, -0.2) is 66.0 Å². The summed E-state index contributed by atoms with van der Waals surface area (Å²) in [5.41, 5.74) is 0.464. The molecule has 0 unspecified atom stereocenters. The average Bonchev–Trinajstić information content (AvgIpc) is 2.48. The topological polar surface area (TPSA) is 62.7 Å². The molecule has 0 aliphatic carbocycles. The van der Waals surface area contributed by atoms with Gasteiger partial charge in [-0.25, -0.2) is 0 Å². The van der Waals surface area contributed by atoms with Crippen LogP contribution < -0.4 is 0 Å². The third-order valence-corrected chi connectivity index (χ3v) is 3.20. The van der Waals surface area contributed by atoms with Gasteiger partial charge < -0.3 is 9.64 Å². The van der Waals surface area contributed by atoms with E-state index >= 15 is 0 Å². The number of carbonyl (C=O) groups is 2. The molecule has 108 valence electrons. The molecule has 1 aliphatic rings. The number of nitrogens with zero attached hydrogens (tertiary/aromatic N) is 3. The van der Waals surface area contributed by atoms with E-state index in [1.54, 1.807) is 36.2 Å². The Kier molecular flexibility index (Phi) is 5.06. The molecule has 0 N–H and O–H groups in total. The van der Waals surface area contributed by atoms with Gasteiger partial charge in [0, 0.05) is 32.4 Å².